The minimum absolute atomic E-state index is 0.189. The molecule has 162 valence electrons. The number of nitrogens with zero attached hydrogens (tertiary/aromatic N) is 1. The zero-order valence-corrected chi connectivity index (χ0v) is 18.4. The number of nitrogens with one attached hydrogen (secondary N) is 1. The summed E-state index contributed by atoms with van der Waals surface area (Å²) in [4.78, 5) is 12.5. The molecule has 7 heteroatoms. The summed E-state index contributed by atoms with van der Waals surface area (Å²) >= 11 is 0. The Morgan fingerprint density at radius 1 is 0.935 bits per heavy atom. The van der Waals surface area contributed by atoms with Crippen molar-refractivity contribution < 1.29 is 17.9 Å². The number of ether oxygens (including phenoxy) is 1. The summed E-state index contributed by atoms with van der Waals surface area (Å²) < 4.78 is 31.3. The van der Waals surface area contributed by atoms with Gasteiger partial charge in [-0.05, 0) is 54.4 Å². The number of amides is 1. The lowest BCUT2D eigenvalue weighted by molar-refractivity contribution is 0.0951. The van der Waals surface area contributed by atoms with Crippen molar-refractivity contribution in [3.05, 3.63) is 95.6 Å². The molecule has 1 amide bonds. The maximum absolute atomic E-state index is 12.5. The van der Waals surface area contributed by atoms with Crippen molar-refractivity contribution in [1.29, 1.82) is 0 Å². The normalized spacial score (nSPS) is 11.0. The van der Waals surface area contributed by atoms with Crippen molar-refractivity contribution in [3.63, 3.8) is 0 Å². The molecule has 0 aliphatic rings. The van der Waals surface area contributed by atoms with E-state index < -0.39 is 10.0 Å². The van der Waals surface area contributed by atoms with Gasteiger partial charge in [0.2, 0.25) is 10.0 Å². The summed E-state index contributed by atoms with van der Waals surface area (Å²) in [5.41, 5.74) is 2.84. The Morgan fingerprint density at radius 2 is 1.65 bits per heavy atom. The highest BCUT2D eigenvalue weighted by molar-refractivity contribution is 7.92. The second kappa shape index (κ2) is 10.1. The molecule has 3 aromatic carbocycles. The van der Waals surface area contributed by atoms with Crippen LogP contribution >= 0.6 is 0 Å². The lowest BCUT2D eigenvalue weighted by Gasteiger charge is -2.22. The summed E-state index contributed by atoms with van der Waals surface area (Å²) in [6, 6.07) is 23.5. The van der Waals surface area contributed by atoms with E-state index in [0.29, 0.717) is 24.4 Å². The second-order valence-electron chi connectivity index (χ2n) is 7.07. The number of hydrogen-bond donors (Lipinski definition) is 1. The van der Waals surface area contributed by atoms with Crippen LogP contribution in [0.2, 0.25) is 0 Å². The molecule has 0 aliphatic carbocycles. The molecule has 0 fully saturated rings. The zero-order valence-electron chi connectivity index (χ0n) is 17.6. The van der Waals surface area contributed by atoms with E-state index >= 15 is 0 Å². The minimum Gasteiger partial charge on any atom is -0.494 e. The van der Waals surface area contributed by atoms with Crippen LogP contribution in [0.25, 0.3) is 0 Å². The molecule has 0 aliphatic heterocycles. The molecule has 0 saturated heterocycles. The Morgan fingerprint density at radius 3 is 2.29 bits per heavy atom. The van der Waals surface area contributed by atoms with Gasteiger partial charge in [0.25, 0.3) is 5.91 Å². The van der Waals surface area contributed by atoms with E-state index in [2.05, 4.69) is 5.32 Å². The van der Waals surface area contributed by atoms with Crippen LogP contribution in [-0.4, -0.2) is 27.2 Å². The molecule has 0 spiro atoms. The third-order valence-corrected chi connectivity index (χ3v) is 5.79. The van der Waals surface area contributed by atoms with Crippen molar-refractivity contribution in [2.75, 3.05) is 17.2 Å². The maximum Gasteiger partial charge on any atom is 0.251 e. The summed E-state index contributed by atoms with van der Waals surface area (Å²) in [5.74, 6) is 0.573. The second-order valence-corrected chi connectivity index (χ2v) is 8.97. The first-order chi connectivity index (χ1) is 14.9. The Kier molecular flexibility index (Phi) is 7.31. The van der Waals surface area contributed by atoms with Crippen LogP contribution in [0.4, 0.5) is 5.69 Å². The van der Waals surface area contributed by atoms with Crippen molar-refractivity contribution >= 4 is 21.6 Å². The van der Waals surface area contributed by atoms with Crippen LogP contribution < -0.4 is 14.4 Å². The highest BCUT2D eigenvalue weighted by atomic mass is 32.2. The zero-order chi connectivity index (χ0) is 22.3. The molecule has 3 rings (SSSR count). The molecule has 0 atom stereocenters. The van der Waals surface area contributed by atoms with Gasteiger partial charge in [-0.1, -0.05) is 42.5 Å². The monoisotopic (exact) mass is 438 g/mol. The molecule has 3 aromatic rings. The first-order valence-electron chi connectivity index (χ1n) is 9.98. The van der Waals surface area contributed by atoms with E-state index in [-0.39, 0.29) is 12.5 Å². The van der Waals surface area contributed by atoms with Crippen molar-refractivity contribution in [2.45, 2.75) is 20.0 Å². The molecule has 31 heavy (non-hydrogen) atoms. The van der Waals surface area contributed by atoms with Gasteiger partial charge in [0, 0.05) is 12.1 Å². The molecule has 0 bridgehead atoms. The first kappa shape index (κ1) is 22.4. The van der Waals surface area contributed by atoms with E-state index in [1.807, 2.05) is 37.3 Å². The van der Waals surface area contributed by atoms with Gasteiger partial charge in [0.15, 0.2) is 0 Å². The third-order valence-electron chi connectivity index (χ3n) is 4.65. The van der Waals surface area contributed by atoms with Gasteiger partial charge in [-0.15, -0.1) is 0 Å². The standard InChI is InChI=1S/C24H26N2O4S/c1-3-30-23-11-7-8-20(16-23)17-25-24(27)21-14-12-19(13-15-21)18-26(31(2,28)29)22-9-5-4-6-10-22/h4-16H,3,17-18H2,1-2H3,(H,25,27). The molecular formula is C24H26N2O4S. The average molecular weight is 439 g/mol. The Hall–Kier alpha value is -3.32. The van der Waals surface area contributed by atoms with E-state index in [4.69, 9.17) is 4.74 Å². The van der Waals surface area contributed by atoms with E-state index in [0.717, 1.165) is 16.9 Å². The molecule has 0 aromatic heterocycles. The van der Waals surface area contributed by atoms with Crippen LogP contribution in [0.1, 0.15) is 28.4 Å². The third kappa shape index (κ3) is 6.33. The number of carbonyl (C=O) groups is 1. The summed E-state index contributed by atoms with van der Waals surface area (Å²) in [7, 11) is -3.45. The largest absolute Gasteiger partial charge is 0.494 e. The molecule has 0 heterocycles. The Labute approximate surface area is 183 Å². The van der Waals surface area contributed by atoms with Crippen LogP contribution in [0.3, 0.4) is 0 Å². The van der Waals surface area contributed by atoms with Crippen molar-refractivity contribution in [3.8, 4) is 5.75 Å². The van der Waals surface area contributed by atoms with Crippen LogP contribution in [0.15, 0.2) is 78.9 Å². The quantitative estimate of drug-likeness (QED) is 0.548. The van der Waals surface area contributed by atoms with E-state index in [1.165, 1.54) is 10.6 Å². The molecule has 1 N–H and O–H groups in total. The molecule has 0 unspecified atom stereocenters. The first-order valence-corrected chi connectivity index (χ1v) is 11.8. The number of anilines is 1. The number of carbonyl (C=O) groups excluding carboxylic acids is 1. The van der Waals surface area contributed by atoms with E-state index in [9.17, 15) is 13.2 Å². The van der Waals surface area contributed by atoms with Crippen LogP contribution in [0.5, 0.6) is 5.75 Å². The predicted molar refractivity (Wildman–Crippen MR) is 123 cm³/mol. The number of rotatable bonds is 9. The summed E-state index contributed by atoms with van der Waals surface area (Å²) in [5, 5.41) is 2.89. The summed E-state index contributed by atoms with van der Waals surface area (Å²) in [6.07, 6.45) is 1.18. The summed E-state index contributed by atoms with van der Waals surface area (Å²) in [6.45, 7) is 3.09. The van der Waals surface area contributed by atoms with Crippen molar-refractivity contribution in [2.24, 2.45) is 0 Å². The molecular weight excluding hydrogens is 412 g/mol. The Balaban J connectivity index is 1.65. The maximum atomic E-state index is 12.5. The van der Waals surface area contributed by atoms with Crippen LogP contribution in [0, 0.1) is 0 Å². The molecule has 0 radical (unpaired) electrons. The van der Waals surface area contributed by atoms with Gasteiger partial charge in [0.05, 0.1) is 25.1 Å². The fraction of sp³-hybridized carbons (Fsp3) is 0.208. The van der Waals surface area contributed by atoms with Gasteiger partial charge in [-0.25, -0.2) is 8.42 Å². The highest BCUT2D eigenvalue weighted by Crippen LogP contribution is 2.20. The number of benzene rings is 3. The highest BCUT2D eigenvalue weighted by Gasteiger charge is 2.17. The lowest BCUT2D eigenvalue weighted by Crippen LogP contribution is -2.29. The lowest BCUT2D eigenvalue weighted by atomic mass is 10.1. The molecule has 0 saturated carbocycles. The smallest absolute Gasteiger partial charge is 0.251 e. The number of sulfonamides is 1. The van der Waals surface area contributed by atoms with Gasteiger partial charge in [0.1, 0.15) is 5.75 Å². The Bertz CT molecular complexity index is 1110. The number of hydrogen-bond acceptors (Lipinski definition) is 4. The molecule has 6 nitrogen and oxygen atoms in total. The number of para-hydroxylation sites is 1. The SMILES string of the molecule is CCOc1cccc(CNC(=O)c2ccc(CN(c3ccccc3)S(C)(=O)=O)cc2)c1. The van der Waals surface area contributed by atoms with Crippen molar-refractivity contribution in [1.82, 2.24) is 5.32 Å². The predicted octanol–water partition coefficient (Wildman–Crippen LogP) is 3.98. The minimum atomic E-state index is -3.45. The van der Waals surface area contributed by atoms with Gasteiger partial charge in [-0.3, -0.25) is 9.10 Å². The van der Waals surface area contributed by atoms with Gasteiger partial charge < -0.3 is 10.1 Å². The fourth-order valence-corrected chi connectivity index (χ4v) is 4.01. The fourth-order valence-electron chi connectivity index (χ4n) is 3.12. The van der Waals surface area contributed by atoms with E-state index in [1.54, 1.807) is 48.5 Å². The average Bonchev–Trinajstić information content (AvgIpc) is 2.76. The topological polar surface area (TPSA) is 75.7 Å². The van der Waals surface area contributed by atoms with Gasteiger partial charge >= 0.3 is 0 Å². The van der Waals surface area contributed by atoms with Gasteiger partial charge in [-0.2, -0.15) is 0 Å². The van der Waals surface area contributed by atoms with Crippen LogP contribution in [-0.2, 0) is 23.1 Å².